The van der Waals surface area contributed by atoms with Crippen LogP contribution in [0.5, 0.6) is 11.5 Å². The van der Waals surface area contributed by atoms with E-state index in [0.717, 1.165) is 17.7 Å². The number of ether oxygens (including phenoxy) is 2. The summed E-state index contributed by atoms with van der Waals surface area (Å²) in [5, 5.41) is 0. The Morgan fingerprint density at radius 3 is 2.48 bits per heavy atom. The number of amides is 1. The van der Waals surface area contributed by atoms with Gasteiger partial charge in [0.2, 0.25) is 0 Å². The van der Waals surface area contributed by atoms with Crippen LogP contribution in [-0.2, 0) is 10.0 Å². The number of likely N-dealkylation sites (tertiary alicyclic amines) is 1. The maximum absolute atomic E-state index is 13.2. The lowest BCUT2D eigenvalue weighted by atomic mass is 9.98. The number of hydrogen-bond donors (Lipinski definition) is 1. The Kier molecular flexibility index (Phi) is 6.34. The zero-order valence-electron chi connectivity index (χ0n) is 17.6. The van der Waals surface area contributed by atoms with Crippen molar-refractivity contribution in [2.75, 3.05) is 37.3 Å². The van der Waals surface area contributed by atoms with Gasteiger partial charge in [-0.25, -0.2) is 8.42 Å². The summed E-state index contributed by atoms with van der Waals surface area (Å²) in [7, 11) is -3.89. The average Bonchev–Trinajstić information content (AvgIpc) is 2.78. The number of nitrogens with one attached hydrogen (secondary N) is 1. The number of anilines is 1. The summed E-state index contributed by atoms with van der Waals surface area (Å²) < 4.78 is 39.7. The van der Waals surface area contributed by atoms with Crippen LogP contribution < -0.4 is 14.2 Å². The molecule has 0 unspecified atom stereocenters. The van der Waals surface area contributed by atoms with E-state index in [1.165, 1.54) is 23.9 Å². The second-order valence-electron chi connectivity index (χ2n) is 7.80. The zero-order valence-corrected chi connectivity index (χ0v) is 19.2. The van der Waals surface area contributed by atoms with E-state index >= 15 is 0 Å². The first-order chi connectivity index (χ1) is 14.9. The van der Waals surface area contributed by atoms with Crippen molar-refractivity contribution < 1.29 is 22.7 Å². The van der Waals surface area contributed by atoms with Crippen LogP contribution in [0.2, 0.25) is 0 Å². The Morgan fingerprint density at radius 1 is 1.06 bits per heavy atom. The monoisotopic (exact) mass is 462 g/mol. The van der Waals surface area contributed by atoms with Gasteiger partial charge in [-0.3, -0.25) is 9.52 Å². The Hall–Kier alpha value is -2.39. The molecule has 0 saturated carbocycles. The van der Waals surface area contributed by atoms with Gasteiger partial charge in [-0.05, 0) is 55.3 Å². The molecule has 2 heterocycles. The molecule has 2 aliphatic heterocycles. The fourth-order valence-corrected chi connectivity index (χ4v) is 5.37. The van der Waals surface area contributed by atoms with Crippen LogP contribution in [0.15, 0.2) is 46.2 Å². The van der Waals surface area contributed by atoms with Gasteiger partial charge in [0.1, 0.15) is 13.2 Å². The number of hydrogen-bond acceptors (Lipinski definition) is 6. The minimum Gasteiger partial charge on any atom is -0.486 e. The molecule has 0 atom stereocenters. The number of fused-ring (bicyclic) bond motifs is 1. The smallest absolute Gasteiger partial charge is 0.261 e. The lowest BCUT2D eigenvalue weighted by Crippen LogP contribution is -2.38. The van der Waals surface area contributed by atoms with Gasteiger partial charge in [-0.2, -0.15) is 0 Å². The van der Waals surface area contributed by atoms with Crippen LogP contribution in [0.3, 0.4) is 0 Å². The molecule has 9 heteroatoms. The van der Waals surface area contributed by atoms with Gasteiger partial charge in [-0.15, -0.1) is 11.8 Å². The Bertz CT molecular complexity index is 1080. The average molecular weight is 463 g/mol. The normalized spacial score (nSPS) is 16.8. The van der Waals surface area contributed by atoms with Crippen molar-refractivity contribution in [3.05, 3.63) is 42.0 Å². The van der Waals surface area contributed by atoms with Gasteiger partial charge in [0.25, 0.3) is 15.9 Å². The topological polar surface area (TPSA) is 84.9 Å². The third-order valence-corrected chi connectivity index (χ3v) is 7.75. The molecule has 1 fully saturated rings. The van der Waals surface area contributed by atoms with E-state index in [1.807, 2.05) is 11.2 Å². The summed E-state index contributed by atoms with van der Waals surface area (Å²) in [6, 6.07) is 9.61. The first kappa shape index (κ1) is 21.8. The minimum atomic E-state index is -3.89. The highest BCUT2D eigenvalue weighted by molar-refractivity contribution is 7.98. The number of rotatable bonds is 5. The van der Waals surface area contributed by atoms with Crippen molar-refractivity contribution in [3.63, 3.8) is 0 Å². The van der Waals surface area contributed by atoms with Crippen LogP contribution in [0.4, 0.5) is 5.69 Å². The van der Waals surface area contributed by atoms with Crippen LogP contribution >= 0.6 is 11.8 Å². The summed E-state index contributed by atoms with van der Waals surface area (Å²) in [5.74, 6) is 1.57. The molecule has 2 aromatic carbocycles. The summed E-state index contributed by atoms with van der Waals surface area (Å²) in [5.41, 5.74) is 0.795. The highest BCUT2D eigenvalue weighted by atomic mass is 32.2. The number of sulfonamides is 1. The Labute approximate surface area is 187 Å². The van der Waals surface area contributed by atoms with Gasteiger partial charge in [0.15, 0.2) is 11.5 Å². The molecule has 7 nitrogen and oxygen atoms in total. The maximum atomic E-state index is 13.2. The molecule has 31 heavy (non-hydrogen) atoms. The van der Waals surface area contributed by atoms with Crippen molar-refractivity contribution in [1.82, 2.24) is 4.90 Å². The Morgan fingerprint density at radius 2 is 1.77 bits per heavy atom. The van der Waals surface area contributed by atoms with Crippen molar-refractivity contribution in [2.45, 2.75) is 29.6 Å². The second kappa shape index (κ2) is 9.00. The number of nitrogens with zero attached hydrogens (tertiary/aromatic N) is 1. The molecule has 0 aromatic heterocycles. The van der Waals surface area contributed by atoms with E-state index in [-0.39, 0.29) is 10.8 Å². The predicted octanol–water partition coefficient (Wildman–Crippen LogP) is 3.85. The van der Waals surface area contributed by atoms with Crippen LogP contribution in [0.1, 0.15) is 30.1 Å². The number of thioether (sulfide) groups is 1. The van der Waals surface area contributed by atoms with Crippen molar-refractivity contribution >= 4 is 33.4 Å². The van der Waals surface area contributed by atoms with Crippen molar-refractivity contribution in [3.8, 4) is 11.5 Å². The van der Waals surface area contributed by atoms with Gasteiger partial charge in [0, 0.05) is 24.1 Å². The van der Waals surface area contributed by atoms with E-state index in [9.17, 15) is 13.2 Å². The van der Waals surface area contributed by atoms with E-state index in [1.54, 1.807) is 24.3 Å². The number of piperidine rings is 1. The molecule has 2 aliphatic rings. The highest BCUT2D eigenvalue weighted by Gasteiger charge is 2.25. The molecule has 1 N–H and O–H groups in total. The summed E-state index contributed by atoms with van der Waals surface area (Å²) in [4.78, 5) is 15.8. The van der Waals surface area contributed by atoms with Crippen molar-refractivity contribution in [2.24, 2.45) is 5.92 Å². The first-order valence-electron chi connectivity index (χ1n) is 10.3. The van der Waals surface area contributed by atoms with Crippen LogP contribution in [0, 0.1) is 5.92 Å². The first-order valence-corrected chi connectivity index (χ1v) is 13.0. The molecular formula is C22H26N2O5S2. The van der Waals surface area contributed by atoms with E-state index in [4.69, 9.17) is 9.47 Å². The molecule has 166 valence electrons. The molecule has 0 bridgehead atoms. The molecule has 4 rings (SSSR count). The minimum absolute atomic E-state index is 0.0499. The van der Waals surface area contributed by atoms with Crippen LogP contribution in [0.25, 0.3) is 0 Å². The summed E-state index contributed by atoms with van der Waals surface area (Å²) in [6.07, 6.45) is 3.81. The molecule has 0 radical (unpaired) electrons. The van der Waals surface area contributed by atoms with E-state index < -0.39 is 10.0 Å². The van der Waals surface area contributed by atoms with Crippen LogP contribution in [-0.4, -0.2) is 51.8 Å². The van der Waals surface area contributed by atoms with Gasteiger partial charge >= 0.3 is 0 Å². The number of carbonyl (C=O) groups excluding carboxylic acids is 1. The highest BCUT2D eigenvalue weighted by Crippen LogP contribution is 2.34. The molecule has 1 saturated heterocycles. The lowest BCUT2D eigenvalue weighted by Gasteiger charge is -2.30. The molecule has 2 aromatic rings. The van der Waals surface area contributed by atoms with E-state index in [2.05, 4.69) is 11.6 Å². The fourth-order valence-electron chi connectivity index (χ4n) is 3.72. The second-order valence-corrected chi connectivity index (χ2v) is 10.3. The zero-order chi connectivity index (χ0) is 22.0. The van der Waals surface area contributed by atoms with Gasteiger partial charge < -0.3 is 14.4 Å². The SMILES string of the molecule is CSc1ccc(S(=O)(=O)Nc2ccc3c(c2)OCCO3)cc1C(=O)N1CCC(C)CC1. The molecule has 0 aliphatic carbocycles. The third kappa shape index (κ3) is 4.77. The molecule has 1 amide bonds. The largest absolute Gasteiger partial charge is 0.486 e. The Balaban J connectivity index is 1.60. The van der Waals surface area contributed by atoms with E-state index in [0.29, 0.717) is 55.0 Å². The standard InChI is InChI=1S/C22H26N2O5S2/c1-15-7-9-24(10-8-15)22(25)18-14-17(4-6-21(18)30-2)31(26,27)23-16-3-5-19-20(13-16)29-12-11-28-19/h3-6,13-15,23H,7-12H2,1-2H3. The maximum Gasteiger partial charge on any atom is 0.261 e. The lowest BCUT2D eigenvalue weighted by molar-refractivity contribution is 0.0693. The fraction of sp³-hybridized carbons (Fsp3) is 0.409. The van der Waals surface area contributed by atoms with Gasteiger partial charge in [-0.1, -0.05) is 6.92 Å². The quantitative estimate of drug-likeness (QED) is 0.680. The van der Waals surface area contributed by atoms with Crippen molar-refractivity contribution in [1.29, 1.82) is 0 Å². The molecular weight excluding hydrogens is 436 g/mol. The number of benzene rings is 2. The number of carbonyl (C=O) groups is 1. The summed E-state index contributed by atoms with van der Waals surface area (Å²) in [6.45, 7) is 4.46. The predicted molar refractivity (Wildman–Crippen MR) is 121 cm³/mol. The summed E-state index contributed by atoms with van der Waals surface area (Å²) >= 11 is 1.43. The molecule has 0 spiro atoms. The van der Waals surface area contributed by atoms with Gasteiger partial charge in [0.05, 0.1) is 16.1 Å². The third-order valence-electron chi connectivity index (χ3n) is 5.58.